The first-order valence-electron chi connectivity index (χ1n) is 6.29. The molecule has 17 heavy (non-hydrogen) atoms. The van der Waals surface area contributed by atoms with E-state index in [1.165, 1.54) is 12.8 Å². The van der Waals surface area contributed by atoms with E-state index >= 15 is 0 Å². The normalized spacial score (nSPS) is 16.1. The second kappa shape index (κ2) is 5.67. The van der Waals surface area contributed by atoms with Crippen molar-refractivity contribution in [1.82, 2.24) is 4.90 Å². The van der Waals surface area contributed by atoms with Crippen molar-refractivity contribution in [3.8, 4) is 0 Å². The summed E-state index contributed by atoms with van der Waals surface area (Å²) in [5.41, 5.74) is 0.785. The van der Waals surface area contributed by atoms with Gasteiger partial charge in [-0.05, 0) is 38.0 Å². The standard InChI is InChI=1S/C14H18BrNO/c1-2-16(13-8-3-4-9-13)14(17)11-6-5-7-12(15)10-11/h5-7,10,13H,2-4,8-9H2,1H3. The van der Waals surface area contributed by atoms with Crippen molar-refractivity contribution in [3.05, 3.63) is 34.3 Å². The van der Waals surface area contributed by atoms with Crippen LogP contribution in [0.2, 0.25) is 0 Å². The van der Waals surface area contributed by atoms with E-state index in [1.54, 1.807) is 0 Å². The van der Waals surface area contributed by atoms with E-state index in [9.17, 15) is 4.79 Å². The van der Waals surface area contributed by atoms with Crippen LogP contribution in [-0.4, -0.2) is 23.4 Å². The van der Waals surface area contributed by atoms with Gasteiger partial charge in [0.1, 0.15) is 0 Å². The highest BCUT2D eigenvalue weighted by Crippen LogP contribution is 2.25. The molecule has 2 nitrogen and oxygen atoms in total. The Kier molecular flexibility index (Phi) is 4.21. The summed E-state index contributed by atoms with van der Waals surface area (Å²) in [5.74, 6) is 0.167. The SMILES string of the molecule is CCN(C(=O)c1cccc(Br)c1)C1CCCC1. The molecule has 92 valence electrons. The van der Waals surface area contributed by atoms with Gasteiger partial charge in [0, 0.05) is 22.6 Å². The first-order chi connectivity index (χ1) is 8.22. The van der Waals surface area contributed by atoms with Gasteiger partial charge in [0.25, 0.3) is 5.91 Å². The molecule has 1 fully saturated rings. The van der Waals surface area contributed by atoms with E-state index in [0.29, 0.717) is 6.04 Å². The molecule has 2 rings (SSSR count). The van der Waals surface area contributed by atoms with Gasteiger partial charge < -0.3 is 4.90 Å². The maximum absolute atomic E-state index is 12.4. The minimum Gasteiger partial charge on any atom is -0.336 e. The highest BCUT2D eigenvalue weighted by atomic mass is 79.9. The van der Waals surface area contributed by atoms with Crippen LogP contribution in [0, 0.1) is 0 Å². The molecule has 1 aromatic rings. The van der Waals surface area contributed by atoms with Gasteiger partial charge in [-0.25, -0.2) is 0 Å². The summed E-state index contributed by atoms with van der Waals surface area (Å²) in [6.45, 7) is 2.87. The van der Waals surface area contributed by atoms with E-state index in [4.69, 9.17) is 0 Å². The first-order valence-corrected chi connectivity index (χ1v) is 7.08. The number of nitrogens with zero attached hydrogens (tertiary/aromatic N) is 1. The lowest BCUT2D eigenvalue weighted by atomic mass is 10.1. The average molecular weight is 296 g/mol. The Morgan fingerprint density at radius 1 is 1.41 bits per heavy atom. The summed E-state index contributed by atoms with van der Waals surface area (Å²) in [4.78, 5) is 14.4. The van der Waals surface area contributed by atoms with Crippen LogP contribution < -0.4 is 0 Å². The van der Waals surface area contributed by atoms with Gasteiger partial charge in [-0.1, -0.05) is 34.8 Å². The van der Waals surface area contributed by atoms with Crippen molar-refractivity contribution < 1.29 is 4.79 Å². The van der Waals surface area contributed by atoms with Crippen molar-refractivity contribution in [3.63, 3.8) is 0 Å². The van der Waals surface area contributed by atoms with Crippen molar-refractivity contribution >= 4 is 21.8 Å². The van der Waals surface area contributed by atoms with Crippen LogP contribution in [0.25, 0.3) is 0 Å². The van der Waals surface area contributed by atoms with Gasteiger partial charge >= 0.3 is 0 Å². The highest BCUT2D eigenvalue weighted by Gasteiger charge is 2.25. The molecular formula is C14H18BrNO. The molecule has 0 atom stereocenters. The summed E-state index contributed by atoms with van der Waals surface area (Å²) >= 11 is 3.41. The molecule has 1 amide bonds. The lowest BCUT2D eigenvalue weighted by Gasteiger charge is -2.27. The van der Waals surface area contributed by atoms with Gasteiger partial charge in [-0.2, -0.15) is 0 Å². The molecule has 0 spiro atoms. The van der Waals surface area contributed by atoms with Crippen LogP contribution in [0.15, 0.2) is 28.7 Å². The summed E-state index contributed by atoms with van der Waals surface area (Å²) in [7, 11) is 0. The zero-order valence-electron chi connectivity index (χ0n) is 10.2. The number of carbonyl (C=O) groups is 1. The molecule has 1 aliphatic rings. The largest absolute Gasteiger partial charge is 0.336 e. The summed E-state index contributed by atoms with van der Waals surface area (Å²) in [6, 6.07) is 8.11. The van der Waals surface area contributed by atoms with E-state index in [-0.39, 0.29) is 5.91 Å². The third kappa shape index (κ3) is 2.89. The zero-order chi connectivity index (χ0) is 12.3. The fraction of sp³-hybridized carbons (Fsp3) is 0.500. The van der Waals surface area contributed by atoms with Gasteiger partial charge in [0.05, 0.1) is 0 Å². The van der Waals surface area contributed by atoms with Crippen LogP contribution in [0.5, 0.6) is 0 Å². The predicted octanol–water partition coefficient (Wildman–Crippen LogP) is 3.85. The summed E-state index contributed by atoms with van der Waals surface area (Å²) in [5, 5.41) is 0. The smallest absolute Gasteiger partial charge is 0.254 e. The topological polar surface area (TPSA) is 20.3 Å². The number of hydrogen-bond donors (Lipinski definition) is 0. The molecular weight excluding hydrogens is 278 g/mol. The minimum absolute atomic E-state index is 0.167. The average Bonchev–Trinajstić information content (AvgIpc) is 2.83. The Hall–Kier alpha value is -0.830. The molecule has 1 saturated carbocycles. The number of rotatable bonds is 3. The van der Waals surface area contributed by atoms with Crippen LogP contribution in [0.3, 0.4) is 0 Å². The van der Waals surface area contributed by atoms with Gasteiger partial charge in [-0.15, -0.1) is 0 Å². The Morgan fingerprint density at radius 3 is 2.71 bits per heavy atom. The lowest BCUT2D eigenvalue weighted by molar-refractivity contribution is 0.0693. The van der Waals surface area contributed by atoms with Crippen molar-refractivity contribution in [2.75, 3.05) is 6.54 Å². The molecule has 0 heterocycles. The van der Waals surface area contributed by atoms with Crippen LogP contribution in [-0.2, 0) is 0 Å². The zero-order valence-corrected chi connectivity index (χ0v) is 11.7. The molecule has 1 aromatic carbocycles. The number of benzene rings is 1. The number of hydrogen-bond acceptors (Lipinski definition) is 1. The maximum Gasteiger partial charge on any atom is 0.254 e. The molecule has 1 aliphatic carbocycles. The summed E-state index contributed by atoms with van der Waals surface area (Å²) < 4.78 is 0.964. The number of amides is 1. The second-order valence-corrected chi connectivity index (χ2v) is 5.46. The third-order valence-corrected chi connectivity index (χ3v) is 3.93. The van der Waals surface area contributed by atoms with Crippen molar-refractivity contribution in [2.45, 2.75) is 38.6 Å². The fourth-order valence-corrected chi connectivity index (χ4v) is 2.97. The van der Waals surface area contributed by atoms with Gasteiger partial charge in [0.15, 0.2) is 0 Å². The molecule has 0 unspecified atom stereocenters. The highest BCUT2D eigenvalue weighted by molar-refractivity contribution is 9.10. The second-order valence-electron chi connectivity index (χ2n) is 4.54. The molecule has 0 N–H and O–H groups in total. The van der Waals surface area contributed by atoms with Crippen LogP contribution >= 0.6 is 15.9 Å². The van der Waals surface area contributed by atoms with Crippen LogP contribution in [0.4, 0.5) is 0 Å². The van der Waals surface area contributed by atoms with Crippen molar-refractivity contribution in [2.24, 2.45) is 0 Å². The van der Waals surface area contributed by atoms with Gasteiger partial charge in [-0.3, -0.25) is 4.79 Å². The molecule has 0 saturated heterocycles. The Labute approximate surface area is 111 Å². The fourth-order valence-electron chi connectivity index (χ4n) is 2.57. The summed E-state index contributed by atoms with van der Waals surface area (Å²) in [6.07, 6.45) is 4.83. The Morgan fingerprint density at radius 2 is 2.12 bits per heavy atom. The molecule has 0 radical (unpaired) electrons. The van der Waals surface area contributed by atoms with Crippen LogP contribution in [0.1, 0.15) is 43.0 Å². The lowest BCUT2D eigenvalue weighted by Crippen LogP contribution is -2.38. The number of halogens is 1. The first kappa shape index (κ1) is 12.6. The van der Waals surface area contributed by atoms with Gasteiger partial charge in [0.2, 0.25) is 0 Å². The van der Waals surface area contributed by atoms with E-state index in [1.807, 2.05) is 29.2 Å². The van der Waals surface area contributed by atoms with E-state index < -0.39 is 0 Å². The van der Waals surface area contributed by atoms with E-state index in [0.717, 1.165) is 29.4 Å². The number of carbonyl (C=O) groups excluding carboxylic acids is 1. The molecule has 0 aliphatic heterocycles. The Balaban J connectivity index is 2.16. The maximum atomic E-state index is 12.4. The quantitative estimate of drug-likeness (QED) is 0.829. The van der Waals surface area contributed by atoms with Crippen molar-refractivity contribution in [1.29, 1.82) is 0 Å². The molecule has 0 aromatic heterocycles. The van der Waals surface area contributed by atoms with E-state index in [2.05, 4.69) is 22.9 Å². The minimum atomic E-state index is 0.167. The molecule has 0 bridgehead atoms. The monoisotopic (exact) mass is 295 g/mol. The predicted molar refractivity (Wildman–Crippen MR) is 73.1 cm³/mol. The molecule has 3 heteroatoms. The third-order valence-electron chi connectivity index (χ3n) is 3.44. The Bertz CT molecular complexity index is 399.